The monoisotopic (exact) mass is 307 g/mol. The van der Waals surface area contributed by atoms with Crippen molar-refractivity contribution in [1.29, 1.82) is 0 Å². The van der Waals surface area contributed by atoms with Crippen LogP contribution in [0.5, 0.6) is 0 Å². The van der Waals surface area contributed by atoms with E-state index in [1.54, 1.807) is 0 Å². The first-order valence-electron chi connectivity index (χ1n) is 4.22. The molecule has 0 amide bonds. The summed E-state index contributed by atoms with van der Waals surface area (Å²) in [4.78, 5) is 10.3. The fourth-order valence-corrected chi connectivity index (χ4v) is 3.19. The first-order valence-corrected chi connectivity index (χ1v) is 6.83. The quantitative estimate of drug-likeness (QED) is 0.479. The number of carboxylic acids is 1. The van der Waals surface area contributed by atoms with Crippen molar-refractivity contribution in [3.8, 4) is 0 Å². The molecule has 4 heteroatoms. The van der Waals surface area contributed by atoms with Crippen LogP contribution >= 0.6 is 0 Å². The standard InChI is InChI=1S/C10H12IO3/c12-9(6-10(13)14)7-11-8-4-2-1-3-5-8/h1-5,9,12H,6-7H2,(H,13,14)/q-1. The van der Waals surface area contributed by atoms with Crippen LogP contribution in [0.3, 0.4) is 0 Å². The second-order valence-corrected chi connectivity index (χ2v) is 5.72. The fraction of sp³-hybridized carbons (Fsp3) is 0.300. The molecule has 14 heavy (non-hydrogen) atoms. The molecule has 0 fully saturated rings. The van der Waals surface area contributed by atoms with Crippen molar-refractivity contribution in [3.05, 3.63) is 33.9 Å². The first-order chi connectivity index (χ1) is 6.68. The third-order valence-corrected chi connectivity index (χ3v) is 4.61. The molecule has 0 aliphatic rings. The number of aliphatic carboxylic acids is 1. The fourth-order valence-electron chi connectivity index (χ4n) is 0.938. The van der Waals surface area contributed by atoms with Crippen molar-refractivity contribution in [3.63, 3.8) is 0 Å². The summed E-state index contributed by atoms with van der Waals surface area (Å²) in [5, 5.41) is 17.8. The Morgan fingerprint density at radius 1 is 1.36 bits per heavy atom. The van der Waals surface area contributed by atoms with Gasteiger partial charge in [0.2, 0.25) is 0 Å². The van der Waals surface area contributed by atoms with E-state index in [9.17, 15) is 9.90 Å². The zero-order chi connectivity index (χ0) is 10.4. The van der Waals surface area contributed by atoms with Crippen LogP contribution in [0.15, 0.2) is 30.3 Å². The van der Waals surface area contributed by atoms with Crippen LogP contribution in [0.25, 0.3) is 0 Å². The molecule has 1 unspecified atom stereocenters. The van der Waals surface area contributed by atoms with Crippen LogP contribution in [-0.2, 0) is 4.79 Å². The molecule has 0 bridgehead atoms. The predicted molar refractivity (Wildman–Crippen MR) is 48.3 cm³/mol. The van der Waals surface area contributed by atoms with E-state index in [1.807, 2.05) is 30.3 Å². The van der Waals surface area contributed by atoms with Gasteiger partial charge in [-0.3, -0.25) is 0 Å². The maximum atomic E-state index is 10.3. The van der Waals surface area contributed by atoms with Gasteiger partial charge in [-0.25, -0.2) is 0 Å². The molecular weight excluding hydrogens is 295 g/mol. The van der Waals surface area contributed by atoms with Gasteiger partial charge in [0.05, 0.1) is 0 Å². The van der Waals surface area contributed by atoms with Crippen molar-refractivity contribution < 1.29 is 36.2 Å². The van der Waals surface area contributed by atoms with E-state index in [0.29, 0.717) is 4.43 Å². The average molecular weight is 307 g/mol. The number of rotatable bonds is 5. The Morgan fingerprint density at radius 2 is 2.00 bits per heavy atom. The van der Waals surface area contributed by atoms with Crippen LogP contribution in [0.1, 0.15) is 6.42 Å². The molecule has 0 aliphatic heterocycles. The zero-order valence-electron chi connectivity index (χ0n) is 7.56. The van der Waals surface area contributed by atoms with Gasteiger partial charge in [0, 0.05) is 0 Å². The molecule has 0 heterocycles. The van der Waals surface area contributed by atoms with Crippen molar-refractivity contribution in [2.24, 2.45) is 0 Å². The van der Waals surface area contributed by atoms with Crippen LogP contribution in [0, 0.1) is 3.57 Å². The molecule has 2 N–H and O–H groups in total. The molecule has 1 atom stereocenters. The topological polar surface area (TPSA) is 57.5 Å². The summed E-state index contributed by atoms with van der Waals surface area (Å²) in [7, 11) is 0. The van der Waals surface area contributed by atoms with Gasteiger partial charge in [0.25, 0.3) is 0 Å². The molecule has 0 radical (unpaired) electrons. The number of carboxylic acid groups (broad SMARTS) is 1. The van der Waals surface area contributed by atoms with Gasteiger partial charge in [0.1, 0.15) is 0 Å². The number of hydrogen-bond donors (Lipinski definition) is 2. The average Bonchev–Trinajstić information content (AvgIpc) is 2.15. The van der Waals surface area contributed by atoms with Gasteiger partial charge < -0.3 is 0 Å². The molecule has 0 saturated carbocycles. The number of hydrogen-bond acceptors (Lipinski definition) is 2. The Bertz CT molecular complexity index is 287. The van der Waals surface area contributed by atoms with Crippen LogP contribution < -0.4 is 21.2 Å². The summed E-state index contributed by atoms with van der Waals surface area (Å²) < 4.78 is 1.84. The predicted octanol–water partition coefficient (Wildman–Crippen LogP) is -2.22. The number of aliphatic hydroxyl groups excluding tert-OH is 1. The van der Waals surface area contributed by atoms with E-state index in [1.165, 1.54) is 3.57 Å². The molecule has 0 aromatic heterocycles. The Labute approximate surface area is 93.0 Å². The van der Waals surface area contributed by atoms with E-state index < -0.39 is 12.1 Å². The number of carbonyl (C=O) groups is 1. The molecule has 1 aromatic carbocycles. The second kappa shape index (κ2) is 5.98. The SMILES string of the molecule is O=C(O)CC(O)C[I-]c1ccccc1. The third-order valence-electron chi connectivity index (χ3n) is 1.55. The van der Waals surface area contributed by atoms with E-state index >= 15 is 0 Å². The van der Waals surface area contributed by atoms with E-state index in [2.05, 4.69) is 0 Å². The number of halogens is 1. The summed E-state index contributed by atoms with van der Waals surface area (Å²) in [5.41, 5.74) is 0. The maximum absolute atomic E-state index is 10.3. The summed E-state index contributed by atoms with van der Waals surface area (Å²) in [6.07, 6.45) is -0.840. The summed E-state index contributed by atoms with van der Waals surface area (Å²) >= 11 is -0.259. The van der Waals surface area contributed by atoms with Gasteiger partial charge in [-0.15, -0.1) is 0 Å². The van der Waals surface area contributed by atoms with Crippen molar-refractivity contribution >= 4 is 5.97 Å². The molecule has 0 spiro atoms. The molecule has 0 aliphatic carbocycles. The van der Waals surface area contributed by atoms with Gasteiger partial charge >= 0.3 is 93.0 Å². The van der Waals surface area contributed by atoms with E-state index in [-0.39, 0.29) is 27.6 Å². The minimum atomic E-state index is -0.936. The summed E-state index contributed by atoms with van der Waals surface area (Å²) in [5.74, 6) is -0.936. The molecule has 0 saturated heterocycles. The van der Waals surface area contributed by atoms with Crippen LogP contribution in [0.4, 0.5) is 0 Å². The van der Waals surface area contributed by atoms with E-state index in [4.69, 9.17) is 5.11 Å². The second-order valence-electron chi connectivity index (χ2n) is 2.84. The molecule has 3 nitrogen and oxygen atoms in total. The zero-order valence-corrected chi connectivity index (χ0v) is 9.72. The van der Waals surface area contributed by atoms with Crippen molar-refractivity contribution in [2.45, 2.75) is 12.5 Å². The molecule has 1 rings (SSSR count). The molecule has 78 valence electrons. The Balaban J connectivity index is 2.30. The minimum absolute atomic E-state index is 0.146. The van der Waals surface area contributed by atoms with Crippen molar-refractivity contribution in [2.75, 3.05) is 4.43 Å². The third kappa shape index (κ3) is 4.57. The van der Waals surface area contributed by atoms with Gasteiger partial charge in [-0.05, 0) is 0 Å². The van der Waals surface area contributed by atoms with Crippen LogP contribution in [-0.4, -0.2) is 26.7 Å². The van der Waals surface area contributed by atoms with Crippen LogP contribution in [0.2, 0.25) is 0 Å². The number of aliphatic hydroxyl groups is 1. The Morgan fingerprint density at radius 3 is 2.57 bits per heavy atom. The van der Waals surface area contributed by atoms with Gasteiger partial charge in [0.15, 0.2) is 0 Å². The Hall–Kier alpha value is -0.620. The van der Waals surface area contributed by atoms with Gasteiger partial charge in [-0.2, -0.15) is 0 Å². The van der Waals surface area contributed by atoms with Gasteiger partial charge in [-0.1, -0.05) is 0 Å². The molecular formula is C10H12IO3-. The van der Waals surface area contributed by atoms with Crippen molar-refractivity contribution in [1.82, 2.24) is 0 Å². The van der Waals surface area contributed by atoms with E-state index in [0.717, 1.165) is 0 Å². The summed E-state index contributed by atoms with van der Waals surface area (Å²) in [6, 6.07) is 9.89. The number of alkyl halides is 1. The number of benzene rings is 1. The Kier molecular flexibility index (Phi) is 4.89. The summed E-state index contributed by atoms with van der Waals surface area (Å²) in [6.45, 7) is 0. The first kappa shape index (κ1) is 11.5. The normalized spacial score (nSPS) is 12.6. The molecule has 1 aromatic rings.